The molecule has 0 heterocycles. The van der Waals surface area contributed by atoms with Crippen molar-refractivity contribution in [1.29, 1.82) is 0 Å². The van der Waals surface area contributed by atoms with Crippen molar-refractivity contribution in [3.63, 3.8) is 0 Å². The van der Waals surface area contributed by atoms with Crippen LogP contribution in [0.5, 0.6) is 0 Å². The van der Waals surface area contributed by atoms with Crippen LogP contribution in [-0.4, -0.2) is 37.0 Å². The van der Waals surface area contributed by atoms with Crippen molar-refractivity contribution in [1.82, 2.24) is 10.6 Å². The van der Waals surface area contributed by atoms with Gasteiger partial charge in [0, 0.05) is 18.9 Å². The topological polar surface area (TPSA) is 84.5 Å². The van der Waals surface area contributed by atoms with E-state index < -0.39 is 11.5 Å². The molecule has 1 atom stereocenters. The van der Waals surface area contributed by atoms with E-state index in [4.69, 9.17) is 4.74 Å². The van der Waals surface area contributed by atoms with E-state index in [0.717, 1.165) is 19.3 Å². The quantitative estimate of drug-likeness (QED) is 0.494. The first-order valence-corrected chi connectivity index (χ1v) is 7.60. The van der Waals surface area contributed by atoms with Crippen molar-refractivity contribution < 1.29 is 19.1 Å². The summed E-state index contributed by atoms with van der Waals surface area (Å²) in [6.45, 7) is 4.11. The maximum Gasteiger partial charge on any atom is 0.331 e. The van der Waals surface area contributed by atoms with Crippen LogP contribution in [0.15, 0.2) is 0 Å². The number of hydrogen-bond acceptors (Lipinski definition) is 4. The summed E-state index contributed by atoms with van der Waals surface area (Å²) in [6, 6.07) is 0. The second-order valence-corrected chi connectivity index (χ2v) is 5.79. The number of methoxy groups -OCH3 is 1. The Kier molecular flexibility index (Phi) is 6.65. The van der Waals surface area contributed by atoms with E-state index in [1.807, 2.05) is 6.92 Å². The minimum atomic E-state index is -0.974. The summed E-state index contributed by atoms with van der Waals surface area (Å²) in [5.41, 5.74) is -0.974. The summed E-state index contributed by atoms with van der Waals surface area (Å²) in [5, 5.41) is 5.55. The predicted octanol–water partition coefficient (Wildman–Crippen LogP) is 1.14. The maximum absolute atomic E-state index is 11.9. The minimum absolute atomic E-state index is 0.0841. The van der Waals surface area contributed by atoms with Crippen LogP contribution in [0, 0.1) is 5.92 Å². The molecule has 0 spiro atoms. The van der Waals surface area contributed by atoms with Crippen molar-refractivity contribution in [2.45, 2.75) is 57.9 Å². The van der Waals surface area contributed by atoms with Crippen LogP contribution in [0.4, 0.5) is 0 Å². The van der Waals surface area contributed by atoms with Gasteiger partial charge in [0.05, 0.1) is 7.11 Å². The third-order valence-electron chi connectivity index (χ3n) is 3.63. The summed E-state index contributed by atoms with van der Waals surface area (Å²) in [4.78, 5) is 35.1. The van der Waals surface area contributed by atoms with Crippen molar-refractivity contribution in [2.24, 2.45) is 5.92 Å². The molecule has 0 radical (unpaired) electrons. The molecule has 0 aromatic heterocycles. The second kappa shape index (κ2) is 8.00. The Balaban J connectivity index is 2.29. The van der Waals surface area contributed by atoms with Gasteiger partial charge in [-0.2, -0.15) is 0 Å². The Morgan fingerprint density at radius 3 is 2.48 bits per heavy atom. The van der Waals surface area contributed by atoms with E-state index in [9.17, 15) is 14.4 Å². The van der Waals surface area contributed by atoms with E-state index in [1.165, 1.54) is 7.11 Å². The first-order valence-electron chi connectivity index (χ1n) is 7.60. The molecule has 0 aromatic carbocycles. The van der Waals surface area contributed by atoms with Gasteiger partial charge in [-0.3, -0.25) is 9.59 Å². The number of rotatable bonds is 9. The number of esters is 1. The smallest absolute Gasteiger partial charge is 0.331 e. The standard InChI is InChI=1S/C15H26N2O4/c1-4-9-15(2,14(20)21-3)17-12(18)6-5-10-16-13(19)11-7-8-11/h11H,4-10H2,1-3H3,(H,16,19)(H,17,18). The van der Waals surface area contributed by atoms with Crippen LogP contribution >= 0.6 is 0 Å². The van der Waals surface area contributed by atoms with Gasteiger partial charge in [0.1, 0.15) is 5.54 Å². The third kappa shape index (κ3) is 5.73. The van der Waals surface area contributed by atoms with Gasteiger partial charge < -0.3 is 15.4 Å². The third-order valence-corrected chi connectivity index (χ3v) is 3.63. The highest BCUT2D eigenvalue weighted by Crippen LogP contribution is 2.28. The van der Waals surface area contributed by atoms with Crippen molar-refractivity contribution in [3.8, 4) is 0 Å². The lowest BCUT2D eigenvalue weighted by molar-refractivity contribution is -0.150. The molecule has 0 aromatic rings. The van der Waals surface area contributed by atoms with E-state index in [0.29, 0.717) is 19.4 Å². The van der Waals surface area contributed by atoms with Gasteiger partial charge in [-0.25, -0.2) is 4.79 Å². The molecular weight excluding hydrogens is 272 g/mol. The Morgan fingerprint density at radius 1 is 1.29 bits per heavy atom. The van der Waals surface area contributed by atoms with Gasteiger partial charge in [-0.15, -0.1) is 0 Å². The van der Waals surface area contributed by atoms with E-state index in [1.54, 1.807) is 6.92 Å². The number of carbonyl (C=O) groups is 3. The van der Waals surface area contributed by atoms with Crippen LogP contribution in [0.2, 0.25) is 0 Å². The molecule has 21 heavy (non-hydrogen) atoms. The second-order valence-electron chi connectivity index (χ2n) is 5.79. The zero-order valence-corrected chi connectivity index (χ0v) is 13.2. The number of carbonyl (C=O) groups excluding carboxylic acids is 3. The normalized spacial score (nSPS) is 16.7. The molecule has 2 amide bonds. The molecule has 0 aliphatic heterocycles. The fourth-order valence-electron chi connectivity index (χ4n) is 2.26. The number of ether oxygens (including phenoxy) is 1. The van der Waals surface area contributed by atoms with Gasteiger partial charge >= 0.3 is 5.97 Å². The summed E-state index contributed by atoms with van der Waals surface area (Å²) in [5.74, 6) is -0.358. The summed E-state index contributed by atoms with van der Waals surface area (Å²) >= 11 is 0. The van der Waals surface area contributed by atoms with E-state index >= 15 is 0 Å². The monoisotopic (exact) mass is 298 g/mol. The zero-order valence-electron chi connectivity index (χ0n) is 13.2. The summed E-state index contributed by atoms with van der Waals surface area (Å²) in [7, 11) is 1.32. The Morgan fingerprint density at radius 2 is 1.95 bits per heavy atom. The highest BCUT2D eigenvalue weighted by atomic mass is 16.5. The summed E-state index contributed by atoms with van der Waals surface area (Å²) < 4.78 is 4.75. The molecule has 1 saturated carbocycles. The molecule has 1 unspecified atom stereocenters. The van der Waals surface area contributed by atoms with Gasteiger partial charge in [-0.1, -0.05) is 13.3 Å². The first-order chi connectivity index (χ1) is 9.92. The minimum Gasteiger partial charge on any atom is -0.467 e. The first kappa shape index (κ1) is 17.5. The molecular formula is C15H26N2O4. The van der Waals surface area contributed by atoms with Gasteiger partial charge in [0.2, 0.25) is 11.8 Å². The molecule has 1 fully saturated rings. The zero-order chi connectivity index (χ0) is 15.9. The summed E-state index contributed by atoms with van der Waals surface area (Å²) in [6.07, 6.45) is 4.09. The molecule has 6 nitrogen and oxygen atoms in total. The van der Waals surface area contributed by atoms with E-state index in [2.05, 4.69) is 10.6 Å². The van der Waals surface area contributed by atoms with Crippen LogP contribution in [0.1, 0.15) is 52.4 Å². The SMILES string of the molecule is CCCC(C)(NC(=O)CCCNC(=O)C1CC1)C(=O)OC. The highest BCUT2D eigenvalue weighted by Gasteiger charge is 2.34. The molecule has 2 N–H and O–H groups in total. The average Bonchev–Trinajstić information content (AvgIpc) is 3.27. The largest absolute Gasteiger partial charge is 0.467 e. The van der Waals surface area contributed by atoms with Crippen LogP contribution in [0.25, 0.3) is 0 Å². The lowest BCUT2D eigenvalue weighted by Gasteiger charge is -2.27. The molecule has 0 saturated heterocycles. The molecule has 1 rings (SSSR count). The van der Waals surface area contributed by atoms with Gasteiger partial charge in [-0.05, 0) is 32.6 Å². The molecule has 1 aliphatic carbocycles. The fourth-order valence-corrected chi connectivity index (χ4v) is 2.26. The van der Waals surface area contributed by atoms with Crippen LogP contribution in [0.3, 0.4) is 0 Å². The average molecular weight is 298 g/mol. The Bertz CT molecular complexity index is 393. The van der Waals surface area contributed by atoms with Crippen LogP contribution < -0.4 is 10.6 Å². The number of hydrogen-bond donors (Lipinski definition) is 2. The van der Waals surface area contributed by atoms with Crippen molar-refractivity contribution in [3.05, 3.63) is 0 Å². The number of amides is 2. The fraction of sp³-hybridized carbons (Fsp3) is 0.800. The van der Waals surface area contributed by atoms with Gasteiger partial charge in [0.25, 0.3) is 0 Å². The van der Waals surface area contributed by atoms with Crippen molar-refractivity contribution >= 4 is 17.8 Å². The lowest BCUT2D eigenvalue weighted by atomic mass is 9.96. The number of nitrogens with one attached hydrogen (secondary N) is 2. The highest BCUT2D eigenvalue weighted by molar-refractivity contribution is 5.87. The molecule has 6 heteroatoms. The molecule has 1 aliphatic rings. The van der Waals surface area contributed by atoms with Gasteiger partial charge in [0.15, 0.2) is 0 Å². The van der Waals surface area contributed by atoms with Crippen LogP contribution in [-0.2, 0) is 19.1 Å². The lowest BCUT2D eigenvalue weighted by Crippen LogP contribution is -2.52. The Labute approximate surface area is 126 Å². The molecule has 0 bridgehead atoms. The van der Waals surface area contributed by atoms with E-state index in [-0.39, 0.29) is 24.2 Å². The molecule has 120 valence electrons. The van der Waals surface area contributed by atoms with Crippen molar-refractivity contribution in [2.75, 3.05) is 13.7 Å². The maximum atomic E-state index is 11.9. The Hall–Kier alpha value is -1.59. The predicted molar refractivity (Wildman–Crippen MR) is 78.4 cm³/mol.